The van der Waals surface area contributed by atoms with Crippen LogP contribution >= 0.6 is 0 Å². The zero-order valence-corrected chi connectivity index (χ0v) is 8.43. The monoisotopic (exact) mass is 199 g/mol. The van der Waals surface area contributed by atoms with E-state index in [9.17, 15) is 0 Å². The molecule has 3 rings (SSSR count). The fourth-order valence-electron chi connectivity index (χ4n) is 2.26. The number of fused-ring (bicyclic) bond motifs is 2. The number of nitrogens with zero attached hydrogens (tertiary/aromatic N) is 2. The first-order valence-electron chi connectivity index (χ1n) is 5.30. The Kier molecular flexibility index (Phi) is 1.84. The first-order chi connectivity index (χ1) is 7.33. The quantitative estimate of drug-likeness (QED) is 0.694. The minimum atomic E-state index is 0.354. The highest BCUT2D eigenvalue weighted by atomic mass is 15.2. The number of azo groups is 1. The van der Waals surface area contributed by atoms with Crippen LogP contribution < -0.4 is 5.73 Å². The maximum absolute atomic E-state index is 5.64. The summed E-state index contributed by atoms with van der Waals surface area (Å²) in [6.45, 7) is 0. The van der Waals surface area contributed by atoms with Crippen molar-refractivity contribution in [3.05, 3.63) is 35.4 Å². The van der Waals surface area contributed by atoms with Crippen LogP contribution in [0.15, 0.2) is 40.1 Å². The van der Waals surface area contributed by atoms with Crippen molar-refractivity contribution in [2.75, 3.05) is 5.73 Å². The lowest BCUT2D eigenvalue weighted by molar-refractivity contribution is 0.643. The second-order valence-corrected chi connectivity index (χ2v) is 4.15. The zero-order chi connectivity index (χ0) is 10.3. The molecule has 0 amide bonds. The molecular weight excluding hydrogens is 186 g/mol. The average Bonchev–Trinajstić information content (AvgIpc) is 2.81. The van der Waals surface area contributed by atoms with E-state index in [0.29, 0.717) is 12.1 Å². The smallest absolute Gasteiger partial charge is 0.0943 e. The van der Waals surface area contributed by atoms with Gasteiger partial charge < -0.3 is 5.73 Å². The Labute approximate surface area is 88.7 Å². The average molecular weight is 199 g/mol. The van der Waals surface area contributed by atoms with Crippen molar-refractivity contribution in [1.82, 2.24) is 0 Å². The maximum Gasteiger partial charge on any atom is 0.0943 e. The maximum atomic E-state index is 5.64. The van der Waals surface area contributed by atoms with Crippen molar-refractivity contribution in [3.63, 3.8) is 0 Å². The summed E-state index contributed by atoms with van der Waals surface area (Å²) in [6.07, 6.45) is 4.53. The predicted octanol–water partition coefficient (Wildman–Crippen LogP) is 2.65. The number of anilines is 1. The molecule has 15 heavy (non-hydrogen) atoms. The Morgan fingerprint density at radius 2 is 1.67 bits per heavy atom. The first kappa shape index (κ1) is 8.65. The zero-order valence-electron chi connectivity index (χ0n) is 8.43. The fraction of sp³-hybridized carbons (Fsp3) is 0.333. The van der Waals surface area contributed by atoms with E-state index in [1.54, 1.807) is 0 Å². The highest BCUT2D eigenvalue weighted by Crippen LogP contribution is 2.37. The number of benzene rings is 1. The molecule has 2 aliphatic rings. The molecule has 2 atom stereocenters. The summed E-state index contributed by atoms with van der Waals surface area (Å²) < 4.78 is 0. The minimum Gasteiger partial charge on any atom is -0.399 e. The minimum absolute atomic E-state index is 0.354. The Bertz CT molecular complexity index is 415. The van der Waals surface area contributed by atoms with Crippen molar-refractivity contribution in [2.45, 2.75) is 24.9 Å². The number of hydrogen-bond donors (Lipinski definition) is 1. The molecule has 1 fully saturated rings. The predicted molar refractivity (Wildman–Crippen MR) is 60.5 cm³/mol. The fourth-order valence-corrected chi connectivity index (χ4v) is 2.26. The number of hydrogen-bond acceptors (Lipinski definition) is 3. The van der Waals surface area contributed by atoms with Gasteiger partial charge in [0.05, 0.1) is 12.1 Å². The molecule has 0 radical (unpaired) electrons. The molecule has 1 aromatic carbocycles. The Morgan fingerprint density at radius 1 is 1.07 bits per heavy atom. The van der Waals surface area contributed by atoms with Crippen LogP contribution in [0.5, 0.6) is 0 Å². The van der Waals surface area contributed by atoms with Gasteiger partial charge in [-0.25, -0.2) is 0 Å². The molecule has 1 heterocycles. The van der Waals surface area contributed by atoms with E-state index in [0.717, 1.165) is 18.5 Å². The van der Waals surface area contributed by atoms with Crippen LogP contribution in [0.1, 0.15) is 18.4 Å². The third kappa shape index (κ3) is 1.44. The second-order valence-electron chi connectivity index (χ2n) is 4.15. The standard InChI is InChI=1S/C12H13N3/c13-9-3-1-8(2-4-9)7-10-11-5-6-12(10)15-14-11/h1-4,7,11-12H,5-6,13H2. The van der Waals surface area contributed by atoms with E-state index in [1.165, 1.54) is 11.1 Å². The number of rotatable bonds is 1. The van der Waals surface area contributed by atoms with Crippen LogP contribution in [0.4, 0.5) is 5.69 Å². The Balaban J connectivity index is 1.91. The van der Waals surface area contributed by atoms with Gasteiger partial charge in [-0.2, -0.15) is 10.2 Å². The van der Waals surface area contributed by atoms with Crippen LogP contribution in [0, 0.1) is 0 Å². The molecule has 0 saturated heterocycles. The van der Waals surface area contributed by atoms with Gasteiger partial charge in [-0.3, -0.25) is 0 Å². The normalized spacial score (nSPS) is 27.3. The highest BCUT2D eigenvalue weighted by Gasteiger charge is 2.35. The topological polar surface area (TPSA) is 50.7 Å². The summed E-state index contributed by atoms with van der Waals surface area (Å²) in [4.78, 5) is 0. The van der Waals surface area contributed by atoms with Gasteiger partial charge in [0, 0.05) is 5.69 Å². The van der Waals surface area contributed by atoms with Gasteiger partial charge in [-0.15, -0.1) is 0 Å². The Morgan fingerprint density at radius 3 is 2.20 bits per heavy atom. The van der Waals surface area contributed by atoms with Crippen molar-refractivity contribution in [1.29, 1.82) is 0 Å². The van der Waals surface area contributed by atoms with Crippen LogP contribution in [0.3, 0.4) is 0 Å². The van der Waals surface area contributed by atoms with Crippen LogP contribution in [-0.4, -0.2) is 12.1 Å². The van der Waals surface area contributed by atoms with Gasteiger partial charge in [0.1, 0.15) is 0 Å². The van der Waals surface area contributed by atoms with Gasteiger partial charge in [0.2, 0.25) is 0 Å². The van der Waals surface area contributed by atoms with Gasteiger partial charge in [0.25, 0.3) is 0 Å². The highest BCUT2D eigenvalue weighted by molar-refractivity contribution is 5.59. The molecule has 0 spiro atoms. The van der Waals surface area contributed by atoms with Crippen molar-refractivity contribution in [2.24, 2.45) is 10.2 Å². The second kappa shape index (κ2) is 3.19. The number of nitrogens with two attached hydrogens (primary N) is 1. The molecule has 1 aromatic rings. The van der Waals surface area contributed by atoms with E-state index in [1.807, 2.05) is 24.3 Å². The van der Waals surface area contributed by atoms with Gasteiger partial charge in [-0.05, 0) is 36.1 Å². The van der Waals surface area contributed by atoms with Crippen LogP contribution in [-0.2, 0) is 0 Å². The molecular formula is C12H13N3. The van der Waals surface area contributed by atoms with E-state index >= 15 is 0 Å². The van der Waals surface area contributed by atoms with E-state index in [4.69, 9.17) is 5.73 Å². The van der Waals surface area contributed by atoms with Gasteiger partial charge >= 0.3 is 0 Å². The van der Waals surface area contributed by atoms with Gasteiger partial charge in [0.15, 0.2) is 0 Å². The van der Waals surface area contributed by atoms with E-state index < -0.39 is 0 Å². The molecule has 3 nitrogen and oxygen atoms in total. The summed E-state index contributed by atoms with van der Waals surface area (Å²) in [7, 11) is 0. The molecule has 1 aliphatic carbocycles. The van der Waals surface area contributed by atoms with Crippen LogP contribution in [0.25, 0.3) is 6.08 Å². The van der Waals surface area contributed by atoms with E-state index in [-0.39, 0.29) is 0 Å². The first-order valence-corrected chi connectivity index (χ1v) is 5.30. The summed E-state index contributed by atoms with van der Waals surface area (Å²) in [5, 5.41) is 8.46. The summed E-state index contributed by atoms with van der Waals surface area (Å²) >= 11 is 0. The van der Waals surface area contributed by atoms with Crippen molar-refractivity contribution in [3.8, 4) is 0 Å². The molecule has 1 saturated carbocycles. The molecule has 0 aromatic heterocycles. The van der Waals surface area contributed by atoms with Crippen LogP contribution in [0.2, 0.25) is 0 Å². The molecule has 76 valence electrons. The third-order valence-corrected chi connectivity index (χ3v) is 3.10. The lowest BCUT2D eigenvalue weighted by Crippen LogP contribution is -1.98. The molecule has 2 unspecified atom stereocenters. The van der Waals surface area contributed by atoms with Crippen molar-refractivity contribution < 1.29 is 0 Å². The largest absolute Gasteiger partial charge is 0.399 e. The lowest BCUT2D eigenvalue weighted by atomic mass is 10.1. The summed E-state index contributed by atoms with van der Waals surface area (Å²) in [5.74, 6) is 0. The Hall–Kier alpha value is -1.64. The SMILES string of the molecule is Nc1ccc(C=C2C3CCC2N=N3)cc1. The summed E-state index contributed by atoms with van der Waals surface area (Å²) in [6, 6.07) is 8.65. The van der Waals surface area contributed by atoms with Gasteiger partial charge in [-0.1, -0.05) is 18.2 Å². The molecule has 2 N–H and O–H groups in total. The lowest BCUT2D eigenvalue weighted by Gasteiger charge is -2.01. The molecule has 3 heteroatoms. The molecule has 2 bridgehead atoms. The summed E-state index contributed by atoms with van der Waals surface area (Å²) in [5.41, 5.74) is 9.02. The third-order valence-electron chi connectivity index (χ3n) is 3.10. The molecule has 1 aliphatic heterocycles. The van der Waals surface area contributed by atoms with E-state index in [2.05, 4.69) is 16.3 Å². The van der Waals surface area contributed by atoms with Crippen molar-refractivity contribution >= 4 is 11.8 Å². The number of nitrogen functional groups attached to an aromatic ring is 1.